The Morgan fingerprint density at radius 3 is 2.59 bits per heavy atom. The second kappa shape index (κ2) is 8.49. The third kappa shape index (κ3) is 3.30. The summed E-state index contributed by atoms with van der Waals surface area (Å²) in [5.74, 6) is 0.882. The fourth-order valence-electron chi connectivity index (χ4n) is 6.31. The molecule has 2 amide bonds. The van der Waals surface area contributed by atoms with Gasteiger partial charge in [-0.3, -0.25) is 9.59 Å². The van der Waals surface area contributed by atoms with E-state index in [0.717, 1.165) is 59.2 Å². The molecule has 6 heteroatoms. The summed E-state index contributed by atoms with van der Waals surface area (Å²) in [7, 11) is 0. The first-order chi connectivity index (χ1) is 16.7. The maximum Gasteiger partial charge on any atom is 0.246 e. The van der Waals surface area contributed by atoms with E-state index in [0.29, 0.717) is 13.0 Å². The third-order valence-corrected chi connectivity index (χ3v) is 7.82. The molecule has 1 saturated carbocycles. The minimum atomic E-state index is -0.491. The number of fused-ring (bicyclic) bond motifs is 4. The molecule has 1 aliphatic carbocycles. The SMILES string of the molecule is CCOc1ccccc1[C@@H]1c2[nH]c3ccccc3c2C[C@H]2C(=O)N(C3CCCCC3)CC(=O)N12. The predicted octanol–water partition coefficient (Wildman–Crippen LogP) is 4.58. The highest BCUT2D eigenvalue weighted by Crippen LogP contribution is 2.45. The van der Waals surface area contributed by atoms with Crippen LogP contribution >= 0.6 is 0 Å². The van der Waals surface area contributed by atoms with Crippen LogP contribution in [0, 0.1) is 0 Å². The predicted molar refractivity (Wildman–Crippen MR) is 131 cm³/mol. The van der Waals surface area contributed by atoms with E-state index >= 15 is 0 Å². The van der Waals surface area contributed by atoms with Crippen molar-refractivity contribution >= 4 is 22.7 Å². The molecule has 2 aliphatic heterocycles. The number of ether oxygens (including phenoxy) is 1. The summed E-state index contributed by atoms with van der Waals surface area (Å²) >= 11 is 0. The van der Waals surface area contributed by atoms with Gasteiger partial charge in [0.1, 0.15) is 24.4 Å². The lowest BCUT2D eigenvalue weighted by Crippen LogP contribution is -2.65. The van der Waals surface area contributed by atoms with E-state index in [2.05, 4.69) is 17.1 Å². The van der Waals surface area contributed by atoms with Gasteiger partial charge in [0.05, 0.1) is 6.61 Å². The van der Waals surface area contributed by atoms with Crippen molar-refractivity contribution < 1.29 is 14.3 Å². The van der Waals surface area contributed by atoms with Crippen molar-refractivity contribution in [1.29, 1.82) is 0 Å². The highest BCUT2D eigenvalue weighted by atomic mass is 16.5. The van der Waals surface area contributed by atoms with E-state index in [4.69, 9.17) is 4.74 Å². The summed E-state index contributed by atoms with van der Waals surface area (Å²) in [5, 5.41) is 1.13. The number of carbonyl (C=O) groups excluding carboxylic acids is 2. The quantitative estimate of drug-likeness (QED) is 0.624. The van der Waals surface area contributed by atoms with Crippen LogP contribution in [-0.2, 0) is 16.0 Å². The molecule has 3 aliphatic rings. The van der Waals surface area contributed by atoms with E-state index in [1.165, 1.54) is 6.42 Å². The number of nitrogens with zero attached hydrogens (tertiary/aromatic N) is 2. The molecular weight excluding hydrogens is 426 g/mol. The van der Waals surface area contributed by atoms with E-state index < -0.39 is 6.04 Å². The molecule has 0 bridgehead atoms. The monoisotopic (exact) mass is 457 g/mol. The van der Waals surface area contributed by atoms with Crippen LogP contribution in [0.5, 0.6) is 5.75 Å². The van der Waals surface area contributed by atoms with Gasteiger partial charge in [-0.1, -0.05) is 55.7 Å². The Morgan fingerprint density at radius 1 is 1.00 bits per heavy atom. The summed E-state index contributed by atoms with van der Waals surface area (Å²) in [4.78, 5) is 35.1. The van der Waals surface area contributed by atoms with Crippen molar-refractivity contribution in [3.63, 3.8) is 0 Å². The van der Waals surface area contributed by atoms with Crippen LogP contribution in [0.4, 0.5) is 0 Å². The number of aromatic amines is 1. The second-order valence-corrected chi connectivity index (χ2v) is 9.72. The zero-order chi connectivity index (χ0) is 23.2. The second-order valence-electron chi connectivity index (χ2n) is 9.72. The van der Waals surface area contributed by atoms with Crippen LogP contribution in [0.2, 0.25) is 0 Å². The van der Waals surface area contributed by atoms with Crippen LogP contribution in [0.3, 0.4) is 0 Å². The molecule has 2 atom stereocenters. The van der Waals surface area contributed by atoms with Crippen LogP contribution < -0.4 is 4.74 Å². The number of nitrogens with one attached hydrogen (secondary N) is 1. The lowest BCUT2D eigenvalue weighted by Gasteiger charge is -2.49. The number of aromatic nitrogens is 1. The van der Waals surface area contributed by atoms with Gasteiger partial charge >= 0.3 is 0 Å². The lowest BCUT2D eigenvalue weighted by molar-refractivity contribution is -0.161. The standard InChI is InChI=1S/C28H31N3O3/c1-2-34-24-15-9-7-13-20(24)27-26-21(19-12-6-8-14-22(19)29-26)16-23-28(33)30(17-25(32)31(23)27)18-10-4-3-5-11-18/h6-9,12-15,18,23,27,29H,2-5,10-11,16-17H2,1H3/t23-,27+/m0/s1. The van der Waals surface area contributed by atoms with Crippen LogP contribution in [0.15, 0.2) is 48.5 Å². The smallest absolute Gasteiger partial charge is 0.246 e. The molecule has 6 rings (SSSR count). The van der Waals surface area contributed by atoms with Gasteiger partial charge in [0.15, 0.2) is 0 Å². The molecule has 0 spiro atoms. The van der Waals surface area contributed by atoms with Crippen LogP contribution in [-0.4, -0.2) is 51.8 Å². The summed E-state index contributed by atoms with van der Waals surface area (Å²) < 4.78 is 5.99. The Balaban J connectivity index is 1.50. The number of hydrogen-bond donors (Lipinski definition) is 1. The normalized spacial score (nSPS) is 23.2. The van der Waals surface area contributed by atoms with E-state index in [9.17, 15) is 9.59 Å². The number of rotatable bonds is 4. The number of piperazine rings is 1. The van der Waals surface area contributed by atoms with Crippen molar-refractivity contribution in [3.05, 3.63) is 65.4 Å². The average molecular weight is 458 g/mol. The summed E-state index contributed by atoms with van der Waals surface area (Å²) in [6.45, 7) is 2.67. The first-order valence-electron chi connectivity index (χ1n) is 12.6. The Bertz CT molecular complexity index is 1240. The van der Waals surface area contributed by atoms with Gasteiger partial charge in [0.25, 0.3) is 0 Å². The van der Waals surface area contributed by atoms with Gasteiger partial charge < -0.3 is 19.5 Å². The number of hydrogen-bond acceptors (Lipinski definition) is 3. The summed E-state index contributed by atoms with van der Waals surface area (Å²) in [6, 6.07) is 15.5. The van der Waals surface area contributed by atoms with Crippen LogP contribution in [0.1, 0.15) is 61.9 Å². The molecule has 0 radical (unpaired) electrons. The molecule has 6 nitrogen and oxygen atoms in total. The molecule has 1 N–H and O–H groups in total. The molecule has 0 unspecified atom stereocenters. The maximum absolute atomic E-state index is 14.0. The first-order valence-corrected chi connectivity index (χ1v) is 12.6. The fraction of sp³-hybridized carbons (Fsp3) is 0.429. The molecule has 1 saturated heterocycles. The third-order valence-electron chi connectivity index (χ3n) is 7.82. The number of para-hydroxylation sites is 2. The molecule has 3 heterocycles. The Labute approximate surface area is 199 Å². The van der Waals surface area contributed by atoms with Crippen molar-refractivity contribution in [2.75, 3.05) is 13.2 Å². The van der Waals surface area contributed by atoms with Gasteiger partial charge in [-0.2, -0.15) is 0 Å². The van der Waals surface area contributed by atoms with Gasteiger partial charge in [-0.15, -0.1) is 0 Å². The number of H-pyrrole nitrogens is 1. The Morgan fingerprint density at radius 2 is 1.76 bits per heavy atom. The fourth-order valence-corrected chi connectivity index (χ4v) is 6.31. The van der Waals surface area contributed by atoms with Gasteiger partial charge in [0.2, 0.25) is 11.8 Å². The largest absolute Gasteiger partial charge is 0.494 e. The van der Waals surface area contributed by atoms with Gasteiger partial charge in [-0.25, -0.2) is 0 Å². The number of benzene rings is 2. The molecule has 34 heavy (non-hydrogen) atoms. The highest BCUT2D eigenvalue weighted by molar-refractivity contribution is 5.98. The van der Waals surface area contributed by atoms with Crippen molar-refractivity contribution in [3.8, 4) is 5.75 Å². The highest BCUT2D eigenvalue weighted by Gasteiger charge is 2.50. The Hall–Kier alpha value is -3.28. The zero-order valence-electron chi connectivity index (χ0n) is 19.6. The lowest BCUT2D eigenvalue weighted by atomic mass is 9.84. The van der Waals surface area contributed by atoms with E-state index in [-0.39, 0.29) is 30.4 Å². The molecule has 2 aromatic carbocycles. The Kier molecular flexibility index (Phi) is 5.31. The summed E-state index contributed by atoms with van der Waals surface area (Å²) in [5.41, 5.74) is 4.10. The molecule has 3 aromatic rings. The van der Waals surface area contributed by atoms with Crippen LogP contribution in [0.25, 0.3) is 10.9 Å². The number of carbonyl (C=O) groups is 2. The van der Waals surface area contributed by atoms with Gasteiger partial charge in [0, 0.05) is 34.6 Å². The maximum atomic E-state index is 14.0. The topological polar surface area (TPSA) is 65.6 Å². The molecule has 2 fully saturated rings. The van der Waals surface area contributed by atoms with Crippen molar-refractivity contribution in [1.82, 2.24) is 14.8 Å². The van der Waals surface area contributed by atoms with Crippen molar-refractivity contribution in [2.24, 2.45) is 0 Å². The molecule has 1 aromatic heterocycles. The molecule has 176 valence electrons. The van der Waals surface area contributed by atoms with Crippen molar-refractivity contribution in [2.45, 2.75) is 63.6 Å². The van der Waals surface area contributed by atoms with E-state index in [1.807, 2.05) is 53.1 Å². The minimum Gasteiger partial charge on any atom is -0.494 e. The minimum absolute atomic E-state index is 0.0239. The molecular formula is C28H31N3O3. The van der Waals surface area contributed by atoms with E-state index in [1.54, 1.807) is 0 Å². The average Bonchev–Trinajstić information content (AvgIpc) is 3.25. The zero-order valence-corrected chi connectivity index (χ0v) is 19.6. The first kappa shape index (κ1) is 21.3. The van der Waals surface area contributed by atoms with Gasteiger partial charge in [-0.05, 0) is 37.5 Å². The summed E-state index contributed by atoms with van der Waals surface area (Å²) in [6.07, 6.45) is 6.03. The number of amides is 2.